The molecule has 0 aromatic heterocycles. The van der Waals surface area contributed by atoms with Gasteiger partial charge in [-0.2, -0.15) is 0 Å². The molecular formula is C9H8N2O4. The normalized spacial score (nSPS) is 9.33. The first-order valence-electron chi connectivity index (χ1n) is 3.95. The molecule has 6 heteroatoms. The Morgan fingerprint density at radius 3 is 2.07 bits per heavy atom. The predicted molar refractivity (Wildman–Crippen MR) is 51.2 cm³/mol. The molecule has 0 aliphatic carbocycles. The van der Waals surface area contributed by atoms with E-state index in [1.165, 1.54) is 24.3 Å². The van der Waals surface area contributed by atoms with Gasteiger partial charge in [-0.15, -0.1) is 0 Å². The first-order valence-corrected chi connectivity index (χ1v) is 3.95. The van der Waals surface area contributed by atoms with Gasteiger partial charge >= 0.3 is 11.9 Å². The van der Waals surface area contributed by atoms with Crippen molar-refractivity contribution in [3.05, 3.63) is 29.8 Å². The van der Waals surface area contributed by atoms with Gasteiger partial charge in [0.15, 0.2) is 0 Å². The number of nitrogens with one attached hydrogen (secondary N) is 1. The van der Waals surface area contributed by atoms with E-state index in [2.05, 4.69) is 5.32 Å². The Bertz CT molecular complexity index is 411. The highest BCUT2D eigenvalue weighted by Crippen LogP contribution is 2.08. The third-order valence-corrected chi connectivity index (χ3v) is 1.62. The quantitative estimate of drug-likeness (QED) is 0.585. The minimum atomic E-state index is -1.58. The van der Waals surface area contributed by atoms with Crippen molar-refractivity contribution in [1.29, 1.82) is 0 Å². The maximum absolute atomic E-state index is 10.7. The molecule has 0 aliphatic heterocycles. The lowest BCUT2D eigenvalue weighted by atomic mass is 10.2. The molecule has 1 aromatic rings. The summed E-state index contributed by atoms with van der Waals surface area (Å²) in [5.41, 5.74) is 5.56. The Labute approximate surface area is 84.7 Å². The molecule has 15 heavy (non-hydrogen) atoms. The van der Waals surface area contributed by atoms with E-state index < -0.39 is 17.8 Å². The van der Waals surface area contributed by atoms with Crippen LogP contribution in [-0.2, 0) is 9.59 Å². The van der Waals surface area contributed by atoms with E-state index >= 15 is 0 Å². The maximum Gasteiger partial charge on any atom is 0.394 e. The lowest BCUT2D eigenvalue weighted by molar-refractivity contribution is -0.147. The average Bonchev–Trinajstić information content (AvgIpc) is 2.18. The SMILES string of the molecule is NC(=O)c1ccc(NC(=O)C(=O)O)cc1. The molecule has 78 valence electrons. The van der Waals surface area contributed by atoms with E-state index in [4.69, 9.17) is 10.8 Å². The van der Waals surface area contributed by atoms with Crippen LogP contribution in [0.4, 0.5) is 5.69 Å². The minimum Gasteiger partial charge on any atom is -0.474 e. The van der Waals surface area contributed by atoms with Gasteiger partial charge in [-0.05, 0) is 24.3 Å². The van der Waals surface area contributed by atoms with Crippen molar-refractivity contribution in [2.24, 2.45) is 5.73 Å². The number of primary amides is 1. The van der Waals surface area contributed by atoms with Crippen molar-refractivity contribution in [3.8, 4) is 0 Å². The van der Waals surface area contributed by atoms with Crippen LogP contribution in [0.15, 0.2) is 24.3 Å². The molecule has 0 radical (unpaired) electrons. The number of rotatable bonds is 2. The third kappa shape index (κ3) is 2.80. The summed E-state index contributed by atoms with van der Waals surface area (Å²) in [4.78, 5) is 31.6. The average molecular weight is 208 g/mol. The highest BCUT2D eigenvalue weighted by molar-refractivity contribution is 6.36. The fraction of sp³-hybridized carbons (Fsp3) is 0. The summed E-state index contributed by atoms with van der Waals surface area (Å²) >= 11 is 0. The number of nitrogens with two attached hydrogens (primary N) is 1. The van der Waals surface area contributed by atoms with Gasteiger partial charge in [0.05, 0.1) is 0 Å². The van der Waals surface area contributed by atoms with Gasteiger partial charge in [-0.1, -0.05) is 0 Å². The number of carbonyl (C=O) groups excluding carboxylic acids is 2. The Balaban J connectivity index is 2.77. The lowest BCUT2D eigenvalue weighted by Gasteiger charge is -2.01. The van der Waals surface area contributed by atoms with E-state index in [1.807, 2.05) is 0 Å². The zero-order chi connectivity index (χ0) is 11.4. The van der Waals surface area contributed by atoms with Crippen LogP contribution in [0.1, 0.15) is 10.4 Å². The van der Waals surface area contributed by atoms with Gasteiger partial charge in [0.2, 0.25) is 5.91 Å². The van der Waals surface area contributed by atoms with Crippen molar-refractivity contribution < 1.29 is 19.5 Å². The number of amides is 2. The van der Waals surface area contributed by atoms with Crippen molar-refractivity contribution in [2.75, 3.05) is 5.32 Å². The molecule has 0 fully saturated rings. The second kappa shape index (κ2) is 4.23. The molecule has 0 bridgehead atoms. The summed E-state index contributed by atoms with van der Waals surface area (Å²) < 4.78 is 0. The molecule has 0 heterocycles. The van der Waals surface area contributed by atoms with Crippen molar-refractivity contribution in [2.45, 2.75) is 0 Å². The first-order chi connectivity index (χ1) is 7.00. The molecule has 0 unspecified atom stereocenters. The van der Waals surface area contributed by atoms with Crippen molar-refractivity contribution in [3.63, 3.8) is 0 Å². The van der Waals surface area contributed by atoms with E-state index in [-0.39, 0.29) is 11.3 Å². The van der Waals surface area contributed by atoms with Gasteiger partial charge in [-0.3, -0.25) is 9.59 Å². The molecule has 1 aromatic carbocycles. The van der Waals surface area contributed by atoms with Crippen molar-refractivity contribution >= 4 is 23.5 Å². The van der Waals surface area contributed by atoms with Crippen LogP contribution in [-0.4, -0.2) is 22.9 Å². The molecule has 0 saturated carbocycles. The van der Waals surface area contributed by atoms with Crippen LogP contribution in [0, 0.1) is 0 Å². The summed E-state index contributed by atoms with van der Waals surface area (Å²) in [5.74, 6) is -3.30. The van der Waals surface area contributed by atoms with Gasteiger partial charge in [0.1, 0.15) is 0 Å². The van der Waals surface area contributed by atoms with Gasteiger partial charge in [-0.25, -0.2) is 4.79 Å². The van der Waals surface area contributed by atoms with Crippen LogP contribution >= 0.6 is 0 Å². The Morgan fingerprint density at radius 2 is 1.67 bits per heavy atom. The van der Waals surface area contributed by atoms with Crippen LogP contribution in [0.5, 0.6) is 0 Å². The molecule has 0 aliphatic rings. The molecule has 2 amide bonds. The summed E-state index contributed by atoms with van der Waals surface area (Å²) in [6.07, 6.45) is 0. The summed E-state index contributed by atoms with van der Waals surface area (Å²) in [6, 6.07) is 5.56. The largest absolute Gasteiger partial charge is 0.474 e. The molecule has 0 spiro atoms. The second-order valence-corrected chi connectivity index (χ2v) is 2.70. The lowest BCUT2D eigenvalue weighted by Crippen LogP contribution is -2.21. The molecule has 4 N–H and O–H groups in total. The number of carbonyl (C=O) groups is 3. The van der Waals surface area contributed by atoms with E-state index in [0.717, 1.165) is 0 Å². The van der Waals surface area contributed by atoms with Crippen molar-refractivity contribution in [1.82, 2.24) is 0 Å². The van der Waals surface area contributed by atoms with E-state index in [9.17, 15) is 14.4 Å². The summed E-state index contributed by atoms with van der Waals surface area (Å²) in [7, 11) is 0. The molecular weight excluding hydrogens is 200 g/mol. The number of hydrogen-bond acceptors (Lipinski definition) is 3. The highest BCUT2D eigenvalue weighted by atomic mass is 16.4. The number of carboxylic acid groups (broad SMARTS) is 1. The fourth-order valence-electron chi connectivity index (χ4n) is 0.902. The Morgan fingerprint density at radius 1 is 1.13 bits per heavy atom. The number of anilines is 1. The number of hydrogen-bond donors (Lipinski definition) is 3. The molecule has 0 atom stereocenters. The Hall–Kier alpha value is -2.37. The minimum absolute atomic E-state index is 0.281. The van der Waals surface area contributed by atoms with Gasteiger partial charge in [0, 0.05) is 11.3 Å². The zero-order valence-corrected chi connectivity index (χ0v) is 7.56. The summed E-state index contributed by atoms with van der Waals surface area (Å²) in [5, 5.41) is 10.4. The number of carboxylic acids is 1. The fourth-order valence-corrected chi connectivity index (χ4v) is 0.902. The smallest absolute Gasteiger partial charge is 0.394 e. The third-order valence-electron chi connectivity index (χ3n) is 1.62. The van der Waals surface area contributed by atoms with E-state index in [0.29, 0.717) is 0 Å². The van der Waals surface area contributed by atoms with Crippen LogP contribution in [0.2, 0.25) is 0 Å². The predicted octanol–water partition coefficient (Wildman–Crippen LogP) is -0.191. The molecule has 0 saturated heterocycles. The van der Waals surface area contributed by atoms with Crippen LogP contribution < -0.4 is 11.1 Å². The Kier molecular flexibility index (Phi) is 3.02. The van der Waals surface area contributed by atoms with Gasteiger partial charge in [0.25, 0.3) is 0 Å². The molecule has 1 rings (SSSR count). The highest BCUT2D eigenvalue weighted by Gasteiger charge is 2.10. The van der Waals surface area contributed by atoms with Crippen LogP contribution in [0.25, 0.3) is 0 Å². The van der Waals surface area contributed by atoms with E-state index in [1.54, 1.807) is 0 Å². The monoisotopic (exact) mass is 208 g/mol. The zero-order valence-electron chi connectivity index (χ0n) is 7.56. The number of benzene rings is 1. The number of aliphatic carboxylic acids is 1. The topological polar surface area (TPSA) is 109 Å². The maximum atomic E-state index is 10.7. The summed E-state index contributed by atoms with van der Waals surface area (Å²) in [6.45, 7) is 0. The van der Waals surface area contributed by atoms with Crippen LogP contribution in [0.3, 0.4) is 0 Å². The second-order valence-electron chi connectivity index (χ2n) is 2.70. The standard InChI is InChI=1S/C9H8N2O4/c10-7(12)5-1-3-6(4-2-5)11-8(13)9(14)15/h1-4H,(H2,10,12)(H,11,13)(H,14,15). The molecule has 6 nitrogen and oxygen atoms in total. The first kappa shape index (κ1) is 10.7. The van der Waals surface area contributed by atoms with Gasteiger partial charge < -0.3 is 16.2 Å².